The number of aryl methyl sites for hydroxylation is 1. The van der Waals surface area contributed by atoms with Gasteiger partial charge in [-0.05, 0) is 19.1 Å². The number of anilines is 1. The van der Waals surface area contributed by atoms with Gasteiger partial charge in [0.25, 0.3) is 10.0 Å². The third-order valence-corrected chi connectivity index (χ3v) is 4.14. The predicted molar refractivity (Wildman–Crippen MR) is 73.1 cm³/mol. The predicted octanol–water partition coefficient (Wildman–Crippen LogP) is 1.02. The van der Waals surface area contributed by atoms with Crippen molar-refractivity contribution >= 4 is 15.7 Å². The first-order valence-corrected chi connectivity index (χ1v) is 7.28. The average molecular weight is 297 g/mol. The maximum absolute atomic E-state index is 12.3. The van der Waals surface area contributed by atoms with E-state index >= 15 is 0 Å². The summed E-state index contributed by atoms with van der Waals surface area (Å²) in [6, 6.07) is 6.63. The van der Waals surface area contributed by atoms with Crippen LogP contribution < -0.4 is 9.46 Å². The second-order valence-electron chi connectivity index (χ2n) is 4.10. The normalized spacial score (nSPS) is 11.3. The van der Waals surface area contributed by atoms with Gasteiger partial charge in [0.2, 0.25) is 5.03 Å². The Labute approximate surface area is 116 Å². The topological polar surface area (TPSA) is 104 Å². The van der Waals surface area contributed by atoms with Crippen molar-refractivity contribution in [3.05, 3.63) is 35.5 Å². The lowest BCUT2D eigenvalue weighted by Gasteiger charge is -2.10. The van der Waals surface area contributed by atoms with E-state index in [0.29, 0.717) is 17.1 Å². The molecule has 0 aliphatic carbocycles. The van der Waals surface area contributed by atoms with E-state index in [1.165, 1.54) is 7.11 Å². The number of hydrogen-bond donors (Lipinski definition) is 3. The summed E-state index contributed by atoms with van der Waals surface area (Å²) in [5.41, 5.74) is 1.06. The molecule has 20 heavy (non-hydrogen) atoms. The lowest BCUT2D eigenvalue weighted by atomic mass is 10.3. The Morgan fingerprint density at radius 3 is 2.75 bits per heavy atom. The van der Waals surface area contributed by atoms with Crippen molar-refractivity contribution in [3.63, 3.8) is 0 Å². The number of nitrogens with one attached hydrogen (secondary N) is 2. The second kappa shape index (κ2) is 5.51. The quantitative estimate of drug-likeness (QED) is 0.764. The molecule has 0 fully saturated rings. The molecule has 0 aliphatic rings. The average Bonchev–Trinajstić information content (AvgIpc) is 2.81. The van der Waals surface area contributed by atoms with Gasteiger partial charge in [-0.15, -0.1) is 0 Å². The first kappa shape index (κ1) is 14.4. The standard InChI is InChI=1S/C12H15N3O4S/c1-8-9(7-16)12(14-13-8)20(17,18)15-10-5-3-4-6-11(10)19-2/h3-6,15-16H,7H2,1-2H3,(H,13,14). The third-order valence-electron chi connectivity index (χ3n) is 2.80. The molecule has 7 nitrogen and oxygen atoms in total. The Balaban J connectivity index is 2.41. The lowest BCUT2D eigenvalue weighted by Crippen LogP contribution is -2.16. The van der Waals surface area contributed by atoms with E-state index in [4.69, 9.17) is 4.74 Å². The number of nitrogens with zero attached hydrogens (tertiary/aromatic N) is 1. The van der Waals surface area contributed by atoms with Gasteiger partial charge in [-0.3, -0.25) is 9.82 Å². The maximum atomic E-state index is 12.3. The number of aromatic amines is 1. The van der Waals surface area contributed by atoms with Gasteiger partial charge in [0, 0.05) is 11.3 Å². The zero-order chi connectivity index (χ0) is 14.8. The molecule has 0 radical (unpaired) electrons. The van der Waals surface area contributed by atoms with E-state index in [9.17, 15) is 13.5 Å². The van der Waals surface area contributed by atoms with Crippen LogP contribution in [0.4, 0.5) is 5.69 Å². The molecule has 3 N–H and O–H groups in total. The number of aliphatic hydroxyl groups is 1. The van der Waals surface area contributed by atoms with Gasteiger partial charge in [0.1, 0.15) is 5.75 Å². The van der Waals surface area contributed by atoms with Crippen molar-refractivity contribution in [3.8, 4) is 5.75 Å². The largest absolute Gasteiger partial charge is 0.495 e. The molecule has 0 aliphatic heterocycles. The fourth-order valence-corrected chi connectivity index (χ4v) is 3.02. The highest BCUT2D eigenvalue weighted by molar-refractivity contribution is 7.92. The third kappa shape index (κ3) is 2.61. The van der Waals surface area contributed by atoms with Gasteiger partial charge < -0.3 is 9.84 Å². The summed E-state index contributed by atoms with van der Waals surface area (Å²) in [6.07, 6.45) is 0. The van der Waals surface area contributed by atoms with Crippen molar-refractivity contribution in [1.29, 1.82) is 0 Å². The summed E-state index contributed by atoms with van der Waals surface area (Å²) in [7, 11) is -2.45. The Morgan fingerprint density at radius 2 is 2.10 bits per heavy atom. The molecule has 0 saturated carbocycles. The molecule has 1 aromatic carbocycles. The highest BCUT2D eigenvalue weighted by Crippen LogP contribution is 2.27. The Morgan fingerprint density at radius 1 is 1.40 bits per heavy atom. The molecule has 0 spiro atoms. The molecule has 8 heteroatoms. The molecular weight excluding hydrogens is 282 g/mol. The molecular formula is C12H15N3O4S. The lowest BCUT2D eigenvalue weighted by molar-refractivity contribution is 0.277. The summed E-state index contributed by atoms with van der Waals surface area (Å²) in [5, 5.41) is 15.3. The molecule has 0 bridgehead atoms. The van der Waals surface area contributed by atoms with Crippen molar-refractivity contribution in [2.75, 3.05) is 11.8 Å². The fourth-order valence-electron chi connectivity index (χ4n) is 1.76. The zero-order valence-electron chi connectivity index (χ0n) is 11.0. The van der Waals surface area contributed by atoms with Gasteiger partial charge in [0.05, 0.1) is 19.4 Å². The van der Waals surface area contributed by atoms with Crippen LogP contribution in [0.5, 0.6) is 5.75 Å². The van der Waals surface area contributed by atoms with Crippen LogP contribution in [0.1, 0.15) is 11.3 Å². The number of hydrogen-bond acceptors (Lipinski definition) is 5. The van der Waals surface area contributed by atoms with E-state index in [1.54, 1.807) is 31.2 Å². The number of aliphatic hydroxyl groups excluding tert-OH is 1. The second-order valence-corrected chi connectivity index (χ2v) is 5.69. The minimum atomic E-state index is -3.90. The van der Waals surface area contributed by atoms with E-state index in [1.807, 2.05) is 0 Å². The molecule has 108 valence electrons. The van der Waals surface area contributed by atoms with Crippen molar-refractivity contribution in [1.82, 2.24) is 10.2 Å². The van der Waals surface area contributed by atoms with Gasteiger partial charge in [-0.25, -0.2) is 0 Å². The Kier molecular flexibility index (Phi) is 3.96. The van der Waals surface area contributed by atoms with Crippen LogP contribution >= 0.6 is 0 Å². The molecule has 1 aromatic heterocycles. The van der Waals surface area contributed by atoms with Crippen LogP contribution in [-0.2, 0) is 16.6 Å². The number of para-hydroxylation sites is 2. The maximum Gasteiger partial charge on any atom is 0.281 e. The van der Waals surface area contributed by atoms with Crippen molar-refractivity contribution in [2.45, 2.75) is 18.6 Å². The number of sulfonamides is 1. The Bertz CT molecular complexity index is 709. The Hall–Kier alpha value is -2.06. The zero-order valence-corrected chi connectivity index (χ0v) is 11.9. The van der Waals surface area contributed by atoms with Gasteiger partial charge >= 0.3 is 0 Å². The SMILES string of the molecule is COc1ccccc1NS(=O)(=O)c1n[nH]c(C)c1CO. The van der Waals surface area contributed by atoms with Crippen LogP contribution in [-0.4, -0.2) is 30.8 Å². The van der Waals surface area contributed by atoms with Crippen LogP contribution in [0, 0.1) is 6.92 Å². The van der Waals surface area contributed by atoms with E-state index in [-0.39, 0.29) is 10.6 Å². The van der Waals surface area contributed by atoms with Gasteiger partial charge in [-0.2, -0.15) is 13.5 Å². The summed E-state index contributed by atoms with van der Waals surface area (Å²) >= 11 is 0. The number of H-pyrrole nitrogens is 1. The number of rotatable bonds is 5. The summed E-state index contributed by atoms with van der Waals surface area (Å²) in [6.45, 7) is 1.23. The molecule has 0 amide bonds. The summed E-state index contributed by atoms with van der Waals surface area (Å²) in [4.78, 5) is 0. The van der Waals surface area contributed by atoms with Gasteiger partial charge in [0.15, 0.2) is 0 Å². The van der Waals surface area contributed by atoms with Crippen LogP contribution in [0.15, 0.2) is 29.3 Å². The molecule has 0 saturated heterocycles. The summed E-state index contributed by atoms with van der Waals surface area (Å²) in [5.74, 6) is 0.397. The molecule has 2 aromatic rings. The van der Waals surface area contributed by atoms with Gasteiger partial charge in [-0.1, -0.05) is 12.1 Å². The minimum absolute atomic E-state index is 0.219. The molecule has 2 rings (SSSR count). The van der Waals surface area contributed by atoms with E-state index in [2.05, 4.69) is 14.9 Å². The number of benzene rings is 1. The van der Waals surface area contributed by atoms with Crippen molar-refractivity contribution < 1.29 is 18.3 Å². The van der Waals surface area contributed by atoms with E-state index in [0.717, 1.165) is 0 Å². The minimum Gasteiger partial charge on any atom is -0.495 e. The van der Waals surface area contributed by atoms with Crippen LogP contribution in [0.3, 0.4) is 0 Å². The molecule has 0 atom stereocenters. The van der Waals surface area contributed by atoms with E-state index < -0.39 is 16.6 Å². The monoisotopic (exact) mass is 297 g/mol. The highest BCUT2D eigenvalue weighted by Gasteiger charge is 2.24. The van der Waals surface area contributed by atoms with Crippen LogP contribution in [0.2, 0.25) is 0 Å². The number of methoxy groups -OCH3 is 1. The van der Waals surface area contributed by atoms with Crippen LogP contribution in [0.25, 0.3) is 0 Å². The summed E-state index contributed by atoms with van der Waals surface area (Å²) < 4.78 is 32.1. The first-order chi connectivity index (χ1) is 9.49. The number of aromatic nitrogens is 2. The fraction of sp³-hybridized carbons (Fsp3) is 0.250. The first-order valence-electron chi connectivity index (χ1n) is 5.80. The molecule has 1 heterocycles. The van der Waals surface area contributed by atoms with Crippen molar-refractivity contribution in [2.24, 2.45) is 0 Å². The molecule has 0 unspecified atom stereocenters. The number of ether oxygens (including phenoxy) is 1. The highest BCUT2D eigenvalue weighted by atomic mass is 32.2. The smallest absolute Gasteiger partial charge is 0.281 e.